The van der Waals surface area contributed by atoms with Gasteiger partial charge in [0.05, 0.1) is 13.2 Å². The average Bonchev–Trinajstić information content (AvgIpc) is 2.63. The fourth-order valence-electron chi connectivity index (χ4n) is 3.38. The second kappa shape index (κ2) is 6.37. The van der Waals surface area contributed by atoms with Gasteiger partial charge in [-0.05, 0) is 18.9 Å². The van der Waals surface area contributed by atoms with Crippen LogP contribution >= 0.6 is 0 Å². The molecule has 1 unspecified atom stereocenters. The summed E-state index contributed by atoms with van der Waals surface area (Å²) in [6, 6.07) is 9.61. The predicted octanol–water partition coefficient (Wildman–Crippen LogP) is 1.94. The molecule has 1 fully saturated rings. The van der Waals surface area contributed by atoms with Gasteiger partial charge in [-0.2, -0.15) is 0 Å². The summed E-state index contributed by atoms with van der Waals surface area (Å²) in [5, 5.41) is 0. The van der Waals surface area contributed by atoms with Crippen LogP contribution in [-0.4, -0.2) is 34.8 Å². The summed E-state index contributed by atoms with van der Waals surface area (Å²) in [5.74, 6) is -0.0611. The molecule has 0 aliphatic carbocycles. The molecule has 3 heterocycles. The van der Waals surface area contributed by atoms with E-state index in [4.69, 9.17) is 9.47 Å². The predicted molar refractivity (Wildman–Crippen MR) is 91.6 cm³/mol. The second-order valence-corrected chi connectivity index (χ2v) is 6.42. The summed E-state index contributed by atoms with van der Waals surface area (Å²) in [4.78, 5) is 27.3. The van der Waals surface area contributed by atoms with Crippen molar-refractivity contribution in [2.45, 2.75) is 32.7 Å². The minimum atomic E-state index is -0.266. The van der Waals surface area contributed by atoms with E-state index >= 15 is 0 Å². The van der Waals surface area contributed by atoms with E-state index in [0.717, 1.165) is 12.0 Å². The number of carbonyl (C=O) groups is 1. The Hall–Kier alpha value is -2.60. The van der Waals surface area contributed by atoms with E-state index in [2.05, 4.69) is 0 Å². The van der Waals surface area contributed by atoms with Gasteiger partial charge in [-0.3, -0.25) is 9.59 Å². The SMILES string of the molecule is Cc1cn2c(c(OCc3ccccc3)c1=O)C(=O)N1CCCOC1C2. The van der Waals surface area contributed by atoms with E-state index in [1.165, 1.54) is 0 Å². The van der Waals surface area contributed by atoms with Crippen LogP contribution in [0.25, 0.3) is 0 Å². The third-order valence-electron chi connectivity index (χ3n) is 4.66. The number of aromatic nitrogens is 1. The molecule has 6 nitrogen and oxygen atoms in total. The maximum atomic E-state index is 13.0. The number of benzene rings is 1. The Balaban J connectivity index is 1.73. The fraction of sp³-hybridized carbons (Fsp3) is 0.368. The van der Waals surface area contributed by atoms with E-state index < -0.39 is 0 Å². The van der Waals surface area contributed by atoms with E-state index in [-0.39, 0.29) is 29.9 Å². The first-order valence-corrected chi connectivity index (χ1v) is 8.48. The van der Waals surface area contributed by atoms with E-state index in [9.17, 15) is 9.59 Å². The number of hydrogen-bond donors (Lipinski definition) is 0. The van der Waals surface area contributed by atoms with Crippen LogP contribution in [0.2, 0.25) is 0 Å². The van der Waals surface area contributed by atoms with Gasteiger partial charge in [0.15, 0.2) is 17.7 Å². The van der Waals surface area contributed by atoms with Crippen molar-refractivity contribution in [1.29, 1.82) is 0 Å². The molecule has 0 bridgehead atoms. The lowest BCUT2D eigenvalue weighted by atomic mass is 10.1. The van der Waals surface area contributed by atoms with Crippen LogP contribution < -0.4 is 10.2 Å². The van der Waals surface area contributed by atoms with Gasteiger partial charge in [-0.1, -0.05) is 30.3 Å². The highest BCUT2D eigenvalue weighted by molar-refractivity contribution is 5.96. The van der Waals surface area contributed by atoms with Crippen LogP contribution in [0.15, 0.2) is 41.3 Å². The topological polar surface area (TPSA) is 60.8 Å². The highest BCUT2D eigenvalue weighted by Crippen LogP contribution is 2.27. The number of carbonyl (C=O) groups excluding carboxylic acids is 1. The highest BCUT2D eigenvalue weighted by atomic mass is 16.5. The Kier molecular flexibility index (Phi) is 4.05. The van der Waals surface area contributed by atoms with Gasteiger partial charge >= 0.3 is 0 Å². The van der Waals surface area contributed by atoms with Crippen molar-refractivity contribution in [3.8, 4) is 5.75 Å². The van der Waals surface area contributed by atoms with Crippen LogP contribution in [0.5, 0.6) is 5.75 Å². The minimum absolute atomic E-state index is 0.137. The molecule has 6 heteroatoms. The lowest BCUT2D eigenvalue weighted by Crippen LogP contribution is -2.53. The van der Waals surface area contributed by atoms with Crippen molar-refractivity contribution in [1.82, 2.24) is 9.47 Å². The lowest BCUT2D eigenvalue weighted by molar-refractivity contribution is -0.0920. The van der Waals surface area contributed by atoms with Gasteiger partial charge < -0.3 is 18.9 Å². The molecule has 2 aromatic rings. The first kappa shape index (κ1) is 15.9. The summed E-state index contributed by atoms with van der Waals surface area (Å²) in [6.07, 6.45) is 2.26. The first-order valence-electron chi connectivity index (χ1n) is 8.48. The summed E-state index contributed by atoms with van der Waals surface area (Å²) < 4.78 is 13.3. The maximum Gasteiger partial charge on any atom is 0.276 e. The number of ether oxygens (including phenoxy) is 2. The zero-order valence-electron chi connectivity index (χ0n) is 14.1. The van der Waals surface area contributed by atoms with Crippen molar-refractivity contribution in [2.24, 2.45) is 0 Å². The van der Waals surface area contributed by atoms with Crippen LogP contribution in [-0.2, 0) is 17.9 Å². The normalized spacial score (nSPS) is 19.3. The van der Waals surface area contributed by atoms with Gasteiger partial charge in [0.2, 0.25) is 5.43 Å². The molecule has 1 atom stereocenters. The average molecular weight is 340 g/mol. The number of hydrogen-bond acceptors (Lipinski definition) is 4. The second-order valence-electron chi connectivity index (χ2n) is 6.42. The third kappa shape index (κ3) is 2.82. The Morgan fingerprint density at radius 2 is 2.04 bits per heavy atom. The summed E-state index contributed by atoms with van der Waals surface area (Å²) >= 11 is 0. The van der Waals surface area contributed by atoms with Crippen molar-refractivity contribution in [3.63, 3.8) is 0 Å². The molecule has 0 spiro atoms. The van der Waals surface area contributed by atoms with E-state index in [0.29, 0.717) is 31.0 Å². The molecule has 0 N–H and O–H groups in total. The molecule has 1 aromatic carbocycles. The molecule has 1 amide bonds. The molecule has 25 heavy (non-hydrogen) atoms. The molecular weight excluding hydrogens is 320 g/mol. The molecule has 4 rings (SSSR count). The Bertz CT molecular complexity index is 860. The van der Waals surface area contributed by atoms with Gasteiger partial charge in [0, 0.05) is 18.3 Å². The third-order valence-corrected chi connectivity index (χ3v) is 4.66. The molecule has 130 valence electrons. The standard InChI is InChI=1S/C19H20N2O4/c1-13-10-20-11-15-21(8-5-9-24-15)19(23)16(20)18(17(13)22)25-12-14-6-3-2-4-7-14/h2-4,6-7,10,15H,5,8-9,11-12H2,1H3. The van der Waals surface area contributed by atoms with Gasteiger partial charge in [-0.15, -0.1) is 0 Å². The Morgan fingerprint density at radius 3 is 2.84 bits per heavy atom. The number of nitrogens with zero attached hydrogens (tertiary/aromatic N) is 2. The molecule has 0 radical (unpaired) electrons. The van der Waals surface area contributed by atoms with E-state index in [1.807, 2.05) is 30.3 Å². The van der Waals surface area contributed by atoms with Crippen molar-refractivity contribution in [3.05, 3.63) is 63.6 Å². The maximum absolute atomic E-state index is 13.0. The fourth-order valence-corrected chi connectivity index (χ4v) is 3.38. The van der Waals surface area contributed by atoms with Crippen molar-refractivity contribution in [2.75, 3.05) is 13.2 Å². The molecule has 2 aliphatic heterocycles. The molecular formula is C19H20N2O4. The zero-order valence-corrected chi connectivity index (χ0v) is 14.1. The van der Waals surface area contributed by atoms with Crippen molar-refractivity contribution < 1.29 is 14.3 Å². The number of rotatable bonds is 3. The van der Waals surface area contributed by atoms with Crippen LogP contribution in [0, 0.1) is 6.92 Å². The first-order chi connectivity index (χ1) is 12.1. The van der Waals surface area contributed by atoms with Gasteiger partial charge in [0.1, 0.15) is 6.61 Å². The number of aryl methyl sites for hydroxylation is 1. The van der Waals surface area contributed by atoms with Crippen LogP contribution in [0.4, 0.5) is 0 Å². The molecule has 1 aromatic heterocycles. The number of pyridine rings is 1. The van der Waals surface area contributed by atoms with Crippen molar-refractivity contribution >= 4 is 5.91 Å². The Morgan fingerprint density at radius 1 is 1.24 bits per heavy atom. The summed E-state index contributed by atoms with van der Waals surface area (Å²) in [6.45, 7) is 3.80. The summed E-state index contributed by atoms with van der Waals surface area (Å²) in [7, 11) is 0. The lowest BCUT2D eigenvalue weighted by Gasteiger charge is -2.40. The summed E-state index contributed by atoms with van der Waals surface area (Å²) in [5.41, 5.74) is 1.61. The van der Waals surface area contributed by atoms with Gasteiger partial charge in [0.25, 0.3) is 5.91 Å². The quantitative estimate of drug-likeness (QED) is 0.857. The zero-order chi connectivity index (χ0) is 17.4. The highest BCUT2D eigenvalue weighted by Gasteiger charge is 2.37. The largest absolute Gasteiger partial charge is 0.483 e. The number of amides is 1. The molecule has 1 saturated heterocycles. The van der Waals surface area contributed by atoms with Crippen LogP contribution in [0.1, 0.15) is 28.0 Å². The number of fused-ring (bicyclic) bond motifs is 2. The van der Waals surface area contributed by atoms with E-state index in [1.54, 1.807) is 22.6 Å². The minimum Gasteiger partial charge on any atom is -0.483 e. The van der Waals surface area contributed by atoms with Crippen LogP contribution in [0.3, 0.4) is 0 Å². The van der Waals surface area contributed by atoms with Gasteiger partial charge in [-0.25, -0.2) is 0 Å². The molecule has 0 saturated carbocycles. The monoisotopic (exact) mass is 340 g/mol. The molecule has 2 aliphatic rings. The smallest absolute Gasteiger partial charge is 0.276 e. The Labute approximate surface area is 145 Å².